The van der Waals surface area contributed by atoms with Gasteiger partial charge in [-0.1, -0.05) is 19.1 Å². The topological polar surface area (TPSA) is 58.7 Å². The van der Waals surface area contributed by atoms with E-state index >= 15 is 0 Å². The van der Waals surface area contributed by atoms with Crippen LogP contribution in [0.1, 0.15) is 31.9 Å². The summed E-state index contributed by atoms with van der Waals surface area (Å²) in [6.45, 7) is 5.40. The fourth-order valence-corrected chi connectivity index (χ4v) is 3.29. The van der Waals surface area contributed by atoms with E-state index in [4.69, 9.17) is 10.5 Å². The molecule has 20 heavy (non-hydrogen) atoms. The highest BCUT2D eigenvalue weighted by Crippen LogP contribution is 2.35. The molecule has 112 valence electrons. The van der Waals surface area contributed by atoms with Crippen molar-refractivity contribution < 1.29 is 9.84 Å². The van der Waals surface area contributed by atoms with E-state index in [9.17, 15) is 5.11 Å². The van der Waals surface area contributed by atoms with Crippen LogP contribution in [0.2, 0.25) is 0 Å². The minimum absolute atomic E-state index is 0.00135. The molecule has 1 aliphatic heterocycles. The minimum Gasteiger partial charge on any atom is -0.497 e. The Balaban J connectivity index is 2.31. The lowest BCUT2D eigenvalue weighted by atomic mass is 9.96. The Morgan fingerprint density at radius 1 is 1.50 bits per heavy atom. The molecule has 1 fully saturated rings. The van der Waals surface area contributed by atoms with Gasteiger partial charge in [-0.2, -0.15) is 0 Å². The van der Waals surface area contributed by atoms with Gasteiger partial charge in [0.1, 0.15) is 5.75 Å². The Morgan fingerprint density at radius 3 is 2.85 bits per heavy atom. The smallest absolute Gasteiger partial charge is 0.119 e. The molecular formula is C16H26N2O2. The van der Waals surface area contributed by atoms with Crippen LogP contribution in [0, 0.1) is 5.92 Å². The molecule has 0 saturated carbocycles. The highest BCUT2D eigenvalue weighted by Gasteiger charge is 2.37. The first-order chi connectivity index (χ1) is 9.58. The fraction of sp³-hybridized carbons (Fsp3) is 0.625. The van der Waals surface area contributed by atoms with Crippen molar-refractivity contribution in [3.63, 3.8) is 0 Å². The van der Waals surface area contributed by atoms with Crippen LogP contribution in [-0.4, -0.2) is 42.4 Å². The zero-order valence-electron chi connectivity index (χ0n) is 12.6. The largest absolute Gasteiger partial charge is 0.497 e. The van der Waals surface area contributed by atoms with Crippen LogP contribution in [0.5, 0.6) is 5.75 Å². The lowest BCUT2D eigenvalue weighted by Gasteiger charge is -2.36. The predicted octanol–water partition coefficient (Wildman–Crippen LogP) is 1.79. The van der Waals surface area contributed by atoms with E-state index in [0.717, 1.165) is 24.3 Å². The number of benzene rings is 1. The first-order valence-electron chi connectivity index (χ1n) is 7.34. The first-order valence-corrected chi connectivity index (χ1v) is 7.34. The maximum absolute atomic E-state index is 9.68. The summed E-state index contributed by atoms with van der Waals surface area (Å²) in [6, 6.07) is 8.39. The molecule has 0 spiro atoms. The second-order valence-corrected chi connectivity index (χ2v) is 5.83. The monoisotopic (exact) mass is 278 g/mol. The number of ether oxygens (including phenoxy) is 1. The van der Waals surface area contributed by atoms with Crippen molar-refractivity contribution in [1.82, 2.24) is 4.90 Å². The lowest BCUT2D eigenvalue weighted by Crippen LogP contribution is -2.44. The Kier molecular flexibility index (Phi) is 5.02. The maximum atomic E-state index is 9.68. The molecule has 0 amide bonds. The van der Waals surface area contributed by atoms with Gasteiger partial charge >= 0.3 is 0 Å². The second-order valence-electron chi connectivity index (χ2n) is 5.83. The lowest BCUT2D eigenvalue weighted by molar-refractivity contribution is 0.0927. The van der Waals surface area contributed by atoms with Gasteiger partial charge in [0.25, 0.3) is 0 Å². The molecule has 4 atom stereocenters. The molecule has 1 aromatic rings. The van der Waals surface area contributed by atoms with Crippen molar-refractivity contribution in [2.75, 3.05) is 20.3 Å². The van der Waals surface area contributed by atoms with Gasteiger partial charge in [-0.25, -0.2) is 0 Å². The van der Waals surface area contributed by atoms with Crippen LogP contribution < -0.4 is 10.5 Å². The number of rotatable bonds is 5. The fourth-order valence-electron chi connectivity index (χ4n) is 3.29. The SMILES string of the molecule is COc1cccc(C(C(C)N)N2CCC(C)C2CO)c1. The van der Waals surface area contributed by atoms with Crippen molar-refractivity contribution >= 4 is 0 Å². The summed E-state index contributed by atoms with van der Waals surface area (Å²) < 4.78 is 5.31. The van der Waals surface area contributed by atoms with Crippen molar-refractivity contribution in [2.45, 2.75) is 38.4 Å². The molecule has 2 rings (SSSR count). The van der Waals surface area contributed by atoms with Gasteiger partial charge in [0.15, 0.2) is 0 Å². The Hall–Kier alpha value is -1.10. The molecule has 0 aromatic heterocycles. The summed E-state index contributed by atoms with van der Waals surface area (Å²) >= 11 is 0. The summed E-state index contributed by atoms with van der Waals surface area (Å²) in [5, 5.41) is 9.68. The van der Waals surface area contributed by atoms with Crippen LogP contribution in [0.4, 0.5) is 0 Å². The average Bonchev–Trinajstić information content (AvgIpc) is 2.80. The standard InChI is InChI=1S/C16H26N2O2/c1-11-7-8-18(15(11)10-19)16(12(2)17)13-5-4-6-14(9-13)20-3/h4-6,9,11-12,15-16,19H,7-8,10,17H2,1-3H3. The average molecular weight is 278 g/mol. The van der Waals surface area contributed by atoms with E-state index in [1.54, 1.807) is 7.11 Å². The van der Waals surface area contributed by atoms with E-state index in [1.807, 2.05) is 25.1 Å². The number of hydrogen-bond donors (Lipinski definition) is 2. The van der Waals surface area contributed by atoms with E-state index in [0.29, 0.717) is 5.92 Å². The summed E-state index contributed by atoms with van der Waals surface area (Å²) in [5.74, 6) is 1.35. The molecule has 1 heterocycles. The van der Waals surface area contributed by atoms with Crippen LogP contribution in [0.25, 0.3) is 0 Å². The molecule has 4 nitrogen and oxygen atoms in total. The van der Waals surface area contributed by atoms with Gasteiger partial charge in [0.2, 0.25) is 0 Å². The van der Waals surface area contributed by atoms with Gasteiger partial charge in [-0.05, 0) is 43.5 Å². The van der Waals surface area contributed by atoms with Crippen LogP contribution >= 0.6 is 0 Å². The third kappa shape index (κ3) is 2.97. The van der Waals surface area contributed by atoms with Gasteiger partial charge < -0.3 is 15.6 Å². The molecular weight excluding hydrogens is 252 g/mol. The molecule has 0 bridgehead atoms. The summed E-state index contributed by atoms with van der Waals surface area (Å²) in [6.07, 6.45) is 1.11. The van der Waals surface area contributed by atoms with Crippen LogP contribution in [0.3, 0.4) is 0 Å². The van der Waals surface area contributed by atoms with Gasteiger partial charge in [-0.3, -0.25) is 4.90 Å². The molecule has 3 N–H and O–H groups in total. The minimum atomic E-state index is 0.00135. The highest BCUT2D eigenvalue weighted by atomic mass is 16.5. The number of aliphatic hydroxyl groups is 1. The molecule has 4 heteroatoms. The third-order valence-electron chi connectivity index (χ3n) is 4.40. The number of nitrogens with zero attached hydrogens (tertiary/aromatic N) is 1. The quantitative estimate of drug-likeness (QED) is 0.862. The molecule has 4 unspecified atom stereocenters. The Bertz CT molecular complexity index is 436. The van der Waals surface area contributed by atoms with E-state index in [2.05, 4.69) is 17.9 Å². The van der Waals surface area contributed by atoms with E-state index in [-0.39, 0.29) is 24.7 Å². The zero-order chi connectivity index (χ0) is 14.7. The normalized spacial score (nSPS) is 26.4. The maximum Gasteiger partial charge on any atom is 0.119 e. The number of methoxy groups -OCH3 is 1. The van der Waals surface area contributed by atoms with E-state index in [1.165, 1.54) is 0 Å². The molecule has 1 aliphatic rings. The van der Waals surface area contributed by atoms with Crippen LogP contribution in [-0.2, 0) is 0 Å². The summed E-state index contributed by atoms with van der Waals surface area (Å²) in [4.78, 5) is 2.35. The number of likely N-dealkylation sites (tertiary alicyclic amines) is 1. The molecule has 0 aliphatic carbocycles. The van der Waals surface area contributed by atoms with E-state index < -0.39 is 0 Å². The van der Waals surface area contributed by atoms with Crippen molar-refractivity contribution in [2.24, 2.45) is 11.7 Å². The molecule has 0 radical (unpaired) electrons. The van der Waals surface area contributed by atoms with Crippen molar-refractivity contribution in [1.29, 1.82) is 0 Å². The van der Waals surface area contributed by atoms with Gasteiger partial charge in [0.05, 0.1) is 19.8 Å². The first kappa shape index (κ1) is 15.3. The predicted molar refractivity (Wildman–Crippen MR) is 80.7 cm³/mol. The van der Waals surface area contributed by atoms with Crippen molar-refractivity contribution in [3.05, 3.63) is 29.8 Å². The van der Waals surface area contributed by atoms with Crippen LogP contribution in [0.15, 0.2) is 24.3 Å². The summed E-state index contributed by atoms with van der Waals surface area (Å²) in [7, 11) is 1.68. The van der Waals surface area contributed by atoms with Gasteiger partial charge in [-0.15, -0.1) is 0 Å². The van der Waals surface area contributed by atoms with Gasteiger partial charge in [0, 0.05) is 12.1 Å². The number of nitrogens with two attached hydrogens (primary N) is 1. The molecule has 1 saturated heterocycles. The zero-order valence-corrected chi connectivity index (χ0v) is 12.6. The number of hydrogen-bond acceptors (Lipinski definition) is 4. The summed E-state index contributed by atoms with van der Waals surface area (Å²) in [5.41, 5.74) is 7.40. The highest BCUT2D eigenvalue weighted by molar-refractivity contribution is 5.31. The Morgan fingerprint density at radius 2 is 2.25 bits per heavy atom. The second kappa shape index (κ2) is 6.57. The third-order valence-corrected chi connectivity index (χ3v) is 4.40. The number of aliphatic hydroxyl groups excluding tert-OH is 1. The molecule has 1 aromatic carbocycles. The van der Waals surface area contributed by atoms with Crippen molar-refractivity contribution in [3.8, 4) is 5.75 Å². The Labute approximate surface area is 121 Å².